The molecule has 0 radical (unpaired) electrons. The first-order valence-corrected chi connectivity index (χ1v) is 7.74. The second-order valence-electron chi connectivity index (χ2n) is 5.52. The zero-order valence-electron chi connectivity index (χ0n) is 12.4. The number of hydrogen-bond acceptors (Lipinski definition) is 2. The van der Waals surface area contributed by atoms with Crippen molar-refractivity contribution in [1.82, 2.24) is 5.32 Å². The third-order valence-electron chi connectivity index (χ3n) is 3.89. The zero-order valence-corrected chi connectivity index (χ0v) is 12.4. The third-order valence-corrected chi connectivity index (χ3v) is 3.89. The average molecular weight is 261 g/mol. The number of aryl methyl sites for hydroxylation is 2. The molecule has 106 valence electrons. The highest BCUT2D eigenvalue weighted by molar-refractivity contribution is 5.36. The molecule has 0 fully saturated rings. The molecular weight excluding hydrogens is 234 g/mol. The molecule has 0 aliphatic heterocycles. The summed E-state index contributed by atoms with van der Waals surface area (Å²) in [5.41, 5.74) is 4.55. The fourth-order valence-corrected chi connectivity index (χ4v) is 2.72. The lowest BCUT2D eigenvalue weighted by Gasteiger charge is -2.15. The summed E-state index contributed by atoms with van der Waals surface area (Å²) >= 11 is 0. The van der Waals surface area contributed by atoms with Crippen LogP contribution in [-0.4, -0.2) is 19.8 Å². The molecule has 1 atom stereocenters. The van der Waals surface area contributed by atoms with Gasteiger partial charge in [-0.25, -0.2) is 0 Å². The van der Waals surface area contributed by atoms with E-state index in [0.29, 0.717) is 6.04 Å². The van der Waals surface area contributed by atoms with E-state index in [1.54, 1.807) is 11.1 Å². The molecule has 2 nitrogen and oxygen atoms in total. The topological polar surface area (TPSA) is 21.3 Å². The second kappa shape index (κ2) is 7.66. The van der Waals surface area contributed by atoms with Gasteiger partial charge in [-0.2, -0.15) is 0 Å². The van der Waals surface area contributed by atoms with Crippen LogP contribution in [0.1, 0.15) is 55.8 Å². The van der Waals surface area contributed by atoms with Crippen LogP contribution in [0.2, 0.25) is 0 Å². The first kappa shape index (κ1) is 14.5. The van der Waals surface area contributed by atoms with Crippen molar-refractivity contribution in [3.05, 3.63) is 34.9 Å². The maximum absolute atomic E-state index is 5.49. The Hall–Kier alpha value is -0.860. The second-order valence-corrected chi connectivity index (χ2v) is 5.52. The Morgan fingerprint density at radius 3 is 2.89 bits per heavy atom. The predicted molar refractivity (Wildman–Crippen MR) is 80.6 cm³/mol. The van der Waals surface area contributed by atoms with E-state index in [9.17, 15) is 0 Å². The SMILES string of the molecule is CCCOCCCNC(C)c1ccc2c(c1)CCC2. The molecule has 0 aromatic heterocycles. The normalized spacial score (nSPS) is 15.5. The Kier molecular flexibility index (Phi) is 5.87. The van der Waals surface area contributed by atoms with E-state index in [0.717, 1.165) is 32.6 Å². The number of rotatable bonds is 8. The Morgan fingerprint density at radius 2 is 2.05 bits per heavy atom. The summed E-state index contributed by atoms with van der Waals surface area (Å²) in [6.07, 6.45) is 6.07. The maximum Gasteiger partial charge on any atom is 0.0478 e. The predicted octanol–water partition coefficient (Wildman–Crippen LogP) is 3.64. The minimum atomic E-state index is 0.442. The summed E-state index contributed by atoms with van der Waals surface area (Å²) in [5, 5.41) is 3.59. The molecule has 0 saturated carbocycles. The molecule has 19 heavy (non-hydrogen) atoms. The smallest absolute Gasteiger partial charge is 0.0478 e. The summed E-state index contributed by atoms with van der Waals surface area (Å²) in [5.74, 6) is 0. The molecule has 1 aromatic carbocycles. The lowest BCUT2D eigenvalue weighted by Crippen LogP contribution is -2.21. The Balaban J connectivity index is 1.72. The average Bonchev–Trinajstić information content (AvgIpc) is 2.89. The highest BCUT2D eigenvalue weighted by Gasteiger charge is 2.12. The van der Waals surface area contributed by atoms with E-state index in [-0.39, 0.29) is 0 Å². The standard InChI is InChI=1S/C17H27NO/c1-3-11-19-12-5-10-18-14(2)16-9-8-15-6-4-7-17(15)13-16/h8-9,13-14,18H,3-7,10-12H2,1-2H3. The fraction of sp³-hybridized carbons (Fsp3) is 0.647. The highest BCUT2D eigenvalue weighted by atomic mass is 16.5. The van der Waals surface area contributed by atoms with Crippen molar-refractivity contribution in [2.75, 3.05) is 19.8 Å². The molecule has 1 unspecified atom stereocenters. The molecule has 0 amide bonds. The molecule has 1 aliphatic rings. The van der Waals surface area contributed by atoms with Crippen molar-refractivity contribution < 1.29 is 4.74 Å². The quantitative estimate of drug-likeness (QED) is 0.721. The van der Waals surface area contributed by atoms with E-state index in [1.165, 1.54) is 24.8 Å². The molecule has 0 bridgehead atoms. The lowest BCUT2D eigenvalue weighted by molar-refractivity contribution is 0.132. The number of hydrogen-bond donors (Lipinski definition) is 1. The van der Waals surface area contributed by atoms with Crippen molar-refractivity contribution in [1.29, 1.82) is 0 Å². The Labute approximate surface area is 117 Å². The van der Waals surface area contributed by atoms with Crippen LogP contribution in [0.3, 0.4) is 0 Å². The van der Waals surface area contributed by atoms with Gasteiger partial charge < -0.3 is 10.1 Å². The van der Waals surface area contributed by atoms with Crippen LogP contribution in [-0.2, 0) is 17.6 Å². The summed E-state index contributed by atoms with van der Waals surface area (Å²) in [6.45, 7) is 7.19. The number of ether oxygens (including phenoxy) is 1. The van der Waals surface area contributed by atoms with Crippen molar-refractivity contribution in [2.24, 2.45) is 0 Å². The van der Waals surface area contributed by atoms with Gasteiger partial charge in [0.05, 0.1) is 0 Å². The van der Waals surface area contributed by atoms with Gasteiger partial charge in [0.2, 0.25) is 0 Å². The molecule has 2 heteroatoms. The van der Waals surface area contributed by atoms with Crippen LogP contribution in [0.4, 0.5) is 0 Å². The molecular formula is C17H27NO. The largest absolute Gasteiger partial charge is 0.381 e. The molecule has 0 spiro atoms. The van der Waals surface area contributed by atoms with E-state index in [2.05, 4.69) is 37.4 Å². The van der Waals surface area contributed by atoms with Crippen molar-refractivity contribution in [3.8, 4) is 0 Å². The van der Waals surface area contributed by atoms with Crippen molar-refractivity contribution >= 4 is 0 Å². The van der Waals surface area contributed by atoms with E-state index < -0.39 is 0 Å². The molecule has 0 saturated heterocycles. The van der Waals surface area contributed by atoms with Gasteiger partial charge in [-0.3, -0.25) is 0 Å². The molecule has 1 aliphatic carbocycles. The van der Waals surface area contributed by atoms with Crippen molar-refractivity contribution in [3.63, 3.8) is 0 Å². The molecule has 2 rings (SSSR count). The monoisotopic (exact) mass is 261 g/mol. The van der Waals surface area contributed by atoms with Crippen LogP contribution < -0.4 is 5.32 Å². The third kappa shape index (κ3) is 4.32. The molecule has 1 N–H and O–H groups in total. The van der Waals surface area contributed by atoms with E-state index >= 15 is 0 Å². The van der Waals surface area contributed by atoms with E-state index in [4.69, 9.17) is 4.74 Å². The van der Waals surface area contributed by atoms with E-state index in [1.807, 2.05) is 0 Å². The van der Waals surface area contributed by atoms with Crippen LogP contribution >= 0.6 is 0 Å². The van der Waals surface area contributed by atoms with Gasteiger partial charge in [0.25, 0.3) is 0 Å². The van der Waals surface area contributed by atoms with Gasteiger partial charge in [0, 0.05) is 19.3 Å². The minimum absolute atomic E-state index is 0.442. The van der Waals surface area contributed by atoms with Gasteiger partial charge in [-0.1, -0.05) is 25.1 Å². The Bertz CT molecular complexity index is 389. The van der Waals surface area contributed by atoms with Gasteiger partial charge in [0.15, 0.2) is 0 Å². The number of benzene rings is 1. The van der Waals surface area contributed by atoms with Crippen LogP contribution in [0, 0.1) is 0 Å². The maximum atomic E-state index is 5.49. The van der Waals surface area contributed by atoms with Gasteiger partial charge in [-0.15, -0.1) is 0 Å². The lowest BCUT2D eigenvalue weighted by atomic mass is 10.0. The van der Waals surface area contributed by atoms with Crippen LogP contribution in [0.25, 0.3) is 0 Å². The first-order chi connectivity index (χ1) is 9.31. The summed E-state index contributed by atoms with van der Waals surface area (Å²) in [6, 6.07) is 7.44. The zero-order chi connectivity index (χ0) is 13.5. The summed E-state index contributed by atoms with van der Waals surface area (Å²) in [7, 11) is 0. The van der Waals surface area contributed by atoms with Crippen molar-refractivity contribution in [2.45, 2.75) is 52.0 Å². The molecule has 0 heterocycles. The van der Waals surface area contributed by atoms with Gasteiger partial charge in [-0.05, 0) is 62.3 Å². The van der Waals surface area contributed by atoms with Gasteiger partial charge >= 0.3 is 0 Å². The fourth-order valence-electron chi connectivity index (χ4n) is 2.72. The summed E-state index contributed by atoms with van der Waals surface area (Å²) < 4.78 is 5.49. The summed E-state index contributed by atoms with van der Waals surface area (Å²) in [4.78, 5) is 0. The highest BCUT2D eigenvalue weighted by Crippen LogP contribution is 2.25. The molecule has 1 aromatic rings. The number of fused-ring (bicyclic) bond motifs is 1. The first-order valence-electron chi connectivity index (χ1n) is 7.74. The van der Waals surface area contributed by atoms with Crippen LogP contribution in [0.5, 0.6) is 0 Å². The van der Waals surface area contributed by atoms with Gasteiger partial charge in [0.1, 0.15) is 0 Å². The van der Waals surface area contributed by atoms with Crippen LogP contribution in [0.15, 0.2) is 18.2 Å². The Morgan fingerprint density at radius 1 is 1.21 bits per heavy atom. The minimum Gasteiger partial charge on any atom is -0.381 e. The number of nitrogens with one attached hydrogen (secondary N) is 1.